The van der Waals surface area contributed by atoms with Gasteiger partial charge in [0.1, 0.15) is 5.65 Å². The normalized spacial score (nSPS) is 11.1. The monoisotopic (exact) mass is 233 g/mol. The Morgan fingerprint density at radius 3 is 2.94 bits per heavy atom. The lowest BCUT2D eigenvalue weighted by atomic mass is 10.2. The average molecular weight is 234 g/mol. The van der Waals surface area contributed by atoms with E-state index in [1.807, 2.05) is 0 Å². The van der Waals surface area contributed by atoms with Gasteiger partial charge in [-0.2, -0.15) is 5.10 Å². The molecule has 0 fully saturated rings. The number of nitrogens with two attached hydrogens (primary N) is 1. The first-order valence-electron chi connectivity index (χ1n) is 4.68. The van der Waals surface area contributed by atoms with Gasteiger partial charge in [-0.25, -0.2) is 4.98 Å². The van der Waals surface area contributed by atoms with Crippen molar-refractivity contribution in [1.82, 2.24) is 20.2 Å². The Morgan fingerprint density at radius 2 is 2.25 bits per heavy atom. The van der Waals surface area contributed by atoms with Crippen molar-refractivity contribution in [1.29, 1.82) is 0 Å². The quantitative estimate of drug-likeness (QED) is 0.602. The van der Waals surface area contributed by atoms with Gasteiger partial charge in [0.25, 0.3) is 0 Å². The molecule has 16 heavy (non-hydrogen) atoms. The zero-order chi connectivity index (χ0) is 11.1. The Bertz CT molecular complexity index is 641. The molecule has 0 amide bonds. The molecule has 0 atom stereocenters. The molecule has 0 aliphatic rings. The lowest BCUT2D eigenvalue weighted by molar-refractivity contribution is 1.09. The molecule has 0 aliphatic carbocycles. The van der Waals surface area contributed by atoms with Crippen molar-refractivity contribution in [3.8, 4) is 11.3 Å². The molecule has 0 saturated carbocycles. The zero-order valence-electron chi connectivity index (χ0n) is 8.16. The highest BCUT2D eigenvalue weighted by atomic mass is 35.5. The van der Waals surface area contributed by atoms with Crippen LogP contribution in [0, 0.1) is 0 Å². The number of nitrogens with one attached hydrogen (secondary N) is 2. The van der Waals surface area contributed by atoms with Gasteiger partial charge in [0.2, 0.25) is 0 Å². The lowest BCUT2D eigenvalue weighted by Gasteiger charge is -1.94. The maximum atomic E-state index is 6.26. The van der Waals surface area contributed by atoms with Crippen molar-refractivity contribution >= 4 is 28.3 Å². The van der Waals surface area contributed by atoms with Gasteiger partial charge in [0, 0.05) is 23.6 Å². The van der Waals surface area contributed by atoms with Crippen LogP contribution >= 0.6 is 11.6 Å². The van der Waals surface area contributed by atoms with E-state index in [9.17, 15) is 0 Å². The average Bonchev–Trinajstić information content (AvgIpc) is 2.86. The number of rotatable bonds is 1. The van der Waals surface area contributed by atoms with E-state index in [0.717, 1.165) is 16.6 Å². The summed E-state index contributed by atoms with van der Waals surface area (Å²) in [5, 5.41) is 7.93. The summed E-state index contributed by atoms with van der Waals surface area (Å²) in [5.41, 5.74) is 8.80. The summed E-state index contributed by atoms with van der Waals surface area (Å²) in [5.74, 6) is 0. The SMILES string of the molecule is Nc1ccnc2[nH]c(-c3cn[nH]c3)c(Cl)c12. The number of H-pyrrole nitrogens is 2. The van der Waals surface area contributed by atoms with Crippen molar-refractivity contribution in [3.05, 3.63) is 29.7 Å². The molecule has 0 aliphatic heterocycles. The highest BCUT2D eigenvalue weighted by molar-refractivity contribution is 6.39. The van der Waals surface area contributed by atoms with Gasteiger partial charge in [-0.15, -0.1) is 0 Å². The second-order valence-electron chi connectivity index (χ2n) is 3.42. The van der Waals surface area contributed by atoms with E-state index in [1.165, 1.54) is 0 Å². The number of aromatic amines is 2. The number of hydrogen-bond acceptors (Lipinski definition) is 3. The van der Waals surface area contributed by atoms with Crippen molar-refractivity contribution in [2.45, 2.75) is 0 Å². The standard InChI is InChI=1S/C10H8ClN5/c11-8-7-6(12)1-2-13-10(7)16-9(8)5-3-14-15-4-5/h1-4H,(H,14,15)(H3,12,13,16). The number of pyridine rings is 1. The van der Waals surface area contributed by atoms with Crippen molar-refractivity contribution in [2.75, 3.05) is 5.73 Å². The third-order valence-corrected chi connectivity index (χ3v) is 2.83. The summed E-state index contributed by atoms with van der Waals surface area (Å²) in [7, 11) is 0. The second kappa shape index (κ2) is 3.24. The summed E-state index contributed by atoms with van der Waals surface area (Å²) < 4.78 is 0. The number of nitrogens with zero attached hydrogens (tertiary/aromatic N) is 2. The predicted molar refractivity (Wildman–Crippen MR) is 63.1 cm³/mol. The fraction of sp³-hybridized carbons (Fsp3) is 0. The van der Waals surface area contributed by atoms with E-state index in [4.69, 9.17) is 17.3 Å². The molecule has 0 spiro atoms. The van der Waals surface area contributed by atoms with Crippen molar-refractivity contribution in [3.63, 3.8) is 0 Å². The first kappa shape index (κ1) is 9.23. The molecule has 3 aromatic heterocycles. The van der Waals surface area contributed by atoms with E-state index in [-0.39, 0.29) is 0 Å². The Kier molecular flexibility index (Phi) is 1.87. The third kappa shape index (κ3) is 1.18. The highest BCUT2D eigenvalue weighted by Gasteiger charge is 2.14. The van der Waals surface area contributed by atoms with Gasteiger partial charge in [-0.1, -0.05) is 11.6 Å². The molecule has 3 rings (SSSR count). The number of anilines is 1. The Hall–Kier alpha value is -2.01. The molecule has 4 N–H and O–H groups in total. The minimum Gasteiger partial charge on any atom is -0.398 e. The fourth-order valence-electron chi connectivity index (χ4n) is 1.69. The molecule has 0 unspecified atom stereocenters. The fourth-order valence-corrected chi connectivity index (χ4v) is 2.04. The van der Waals surface area contributed by atoms with E-state index in [1.54, 1.807) is 24.7 Å². The first-order chi connectivity index (χ1) is 7.77. The molecular formula is C10H8ClN5. The van der Waals surface area contributed by atoms with Gasteiger partial charge in [0.05, 0.1) is 22.3 Å². The Morgan fingerprint density at radius 1 is 1.38 bits per heavy atom. The number of aromatic nitrogens is 4. The summed E-state index contributed by atoms with van der Waals surface area (Å²) in [6.45, 7) is 0. The highest BCUT2D eigenvalue weighted by Crippen LogP contribution is 2.35. The van der Waals surface area contributed by atoms with Gasteiger partial charge in [-0.3, -0.25) is 5.10 Å². The second-order valence-corrected chi connectivity index (χ2v) is 3.80. The summed E-state index contributed by atoms with van der Waals surface area (Å²) in [6, 6.07) is 1.72. The number of nitrogen functional groups attached to an aromatic ring is 1. The number of fused-ring (bicyclic) bond motifs is 1. The van der Waals surface area contributed by atoms with Crippen LogP contribution in [0.2, 0.25) is 5.02 Å². The molecule has 5 nitrogen and oxygen atoms in total. The largest absolute Gasteiger partial charge is 0.398 e. The van der Waals surface area contributed by atoms with Crippen LogP contribution in [0.5, 0.6) is 0 Å². The summed E-state index contributed by atoms with van der Waals surface area (Å²) in [4.78, 5) is 7.31. The van der Waals surface area contributed by atoms with E-state index in [2.05, 4.69) is 20.2 Å². The van der Waals surface area contributed by atoms with Crippen LogP contribution in [0.1, 0.15) is 0 Å². The molecular weight excluding hydrogens is 226 g/mol. The molecule has 6 heteroatoms. The topological polar surface area (TPSA) is 83.4 Å². The molecule has 0 bridgehead atoms. The van der Waals surface area contributed by atoms with Crippen LogP contribution in [0.25, 0.3) is 22.3 Å². The van der Waals surface area contributed by atoms with Crippen LogP contribution in [0.15, 0.2) is 24.7 Å². The van der Waals surface area contributed by atoms with E-state index in [0.29, 0.717) is 16.4 Å². The summed E-state index contributed by atoms with van der Waals surface area (Å²) in [6.07, 6.45) is 5.09. The zero-order valence-corrected chi connectivity index (χ0v) is 8.92. The first-order valence-corrected chi connectivity index (χ1v) is 5.06. The van der Waals surface area contributed by atoms with Crippen molar-refractivity contribution in [2.24, 2.45) is 0 Å². The predicted octanol–water partition coefficient (Wildman–Crippen LogP) is 2.19. The summed E-state index contributed by atoms with van der Waals surface area (Å²) >= 11 is 6.26. The van der Waals surface area contributed by atoms with E-state index >= 15 is 0 Å². The Balaban J connectivity index is 2.36. The third-order valence-electron chi connectivity index (χ3n) is 2.45. The molecule has 80 valence electrons. The van der Waals surface area contributed by atoms with E-state index < -0.39 is 0 Å². The van der Waals surface area contributed by atoms with Gasteiger partial charge in [-0.05, 0) is 6.07 Å². The smallest absolute Gasteiger partial charge is 0.141 e. The minimum absolute atomic E-state index is 0.571. The molecule has 3 aromatic rings. The molecule has 0 saturated heterocycles. The maximum absolute atomic E-state index is 6.26. The van der Waals surface area contributed by atoms with Crippen LogP contribution in [0.4, 0.5) is 5.69 Å². The van der Waals surface area contributed by atoms with Gasteiger partial charge < -0.3 is 10.7 Å². The van der Waals surface area contributed by atoms with Gasteiger partial charge >= 0.3 is 0 Å². The molecule has 3 heterocycles. The maximum Gasteiger partial charge on any atom is 0.141 e. The van der Waals surface area contributed by atoms with Crippen LogP contribution in [-0.4, -0.2) is 20.2 Å². The van der Waals surface area contributed by atoms with Crippen molar-refractivity contribution < 1.29 is 0 Å². The van der Waals surface area contributed by atoms with Crippen LogP contribution in [-0.2, 0) is 0 Å². The van der Waals surface area contributed by atoms with Gasteiger partial charge in [0.15, 0.2) is 0 Å². The Labute approximate surface area is 95.6 Å². The van der Waals surface area contributed by atoms with Crippen LogP contribution in [0.3, 0.4) is 0 Å². The number of hydrogen-bond donors (Lipinski definition) is 3. The minimum atomic E-state index is 0.571. The number of halogens is 1. The molecule has 0 radical (unpaired) electrons. The van der Waals surface area contributed by atoms with Crippen LogP contribution < -0.4 is 5.73 Å². The lowest BCUT2D eigenvalue weighted by Crippen LogP contribution is -1.86. The molecule has 0 aromatic carbocycles.